The number of hydrogen-bond acceptors (Lipinski definition) is 5. The van der Waals surface area contributed by atoms with Gasteiger partial charge in [0.1, 0.15) is 5.75 Å². The molecule has 0 aliphatic heterocycles. The summed E-state index contributed by atoms with van der Waals surface area (Å²) < 4.78 is 10.5. The molecule has 0 radical (unpaired) electrons. The first-order valence-electron chi connectivity index (χ1n) is 8.74. The van der Waals surface area contributed by atoms with Gasteiger partial charge >= 0.3 is 5.97 Å². The predicted octanol–water partition coefficient (Wildman–Crippen LogP) is 4.19. The third-order valence-electron chi connectivity index (χ3n) is 3.52. The van der Waals surface area contributed by atoms with Gasteiger partial charge in [-0.25, -0.2) is 4.79 Å². The average molecular weight is 421 g/mol. The van der Waals surface area contributed by atoms with E-state index in [0.29, 0.717) is 41.7 Å². The normalized spacial score (nSPS) is 10.1. The minimum absolute atomic E-state index is 0.157. The highest BCUT2D eigenvalue weighted by Gasteiger charge is 2.09. The third kappa shape index (κ3) is 7.54. The van der Waals surface area contributed by atoms with E-state index in [1.807, 2.05) is 0 Å². The van der Waals surface area contributed by atoms with Crippen LogP contribution in [0.2, 0.25) is 5.02 Å². The number of esters is 1. The van der Waals surface area contributed by atoms with Crippen molar-refractivity contribution in [2.24, 2.45) is 0 Å². The van der Waals surface area contributed by atoms with Crippen molar-refractivity contribution < 1.29 is 19.1 Å². The Kier molecular flexibility index (Phi) is 8.71. The van der Waals surface area contributed by atoms with E-state index in [0.717, 1.165) is 0 Å². The number of benzene rings is 2. The van der Waals surface area contributed by atoms with Gasteiger partial charge in [-0.2, -0.15) is 0 Å². The smallest absolute Gasteiger partial charge is 0.338 e. The van der Waals surface area contributed by atoms with Crippen molar-refractivity contribution in [1.29, 1.82) is 0 Å². The minimum Gasteiger partial charge on any atom is -0.494 e. The molecule has 0 atom stereocenters. The Hall–Kier alpha value is -2.64. The number of carbonyl (C=O) groups excluding carboxylic acids is 2. The third-order valence-corrected chi connectivity index (χ3v) is 3.97. The number of rotatable bonds is 8. The van der Waals surface area contributed by atoms with Crippen LogP contribution in [0.3, 0.4) is 0 Å². The van der Waals surface area contributed by atoms with Crippen molar-refractivity contribution in [3.63, 3.8) is 0 Å². The molecule has 0 saturated carbocycles. The Morgan fingerprint density at radius 2 is 1.89 bits per heavy atom. The summed E-state index contributed by atoms with van der Waals surface area (Å²) in [6.45, 7) is 2.44. The lowest BCUT2D eigenvalue weighted by molar-refractivity contribution is -0.119. The highest BCUT2D eigenvalue weighted by Crippen LogP contribution is 2.15. The summed E-state index contributed by atoms with van der Waals surface area (Å²) in [6, 6.07) is 13.7. The molecule has 148 valence electrons. The standard InChI is InChI=1S/C20H21ClN2O4S/c1-2-26-19(25)14-5-3-6-16(13-14)22-20(28)23-18(24)7-4-12-27-17-10-8-15(21)9-11-17/h3,5-6,8-11,13H,2,4,7,12H2,1H3,(H2,22,23,24,28). The molecule has 0 heterocycles. The zero-order valence-corrected chi connectivity index (χ0v) is 16.9. The molecule has 0 bridgehead atoms. The van der Waals surface area contributed by atoms with Crippen molar-refractivity contribution in [3.8, 4) is 5.75 Å². The van der Waals surface area contributed by atoms with Crippen LogP contribution in [0.25, 0.3) is 0 Å². The molecule has 0 saturated heterocycles. The molecule has 8 heteroatoms. The number of hydrogen-bond donors (Lipinski definition) is 2. The summed E-state index contributed by atoms with van der Waals surface area (Å²) in [7, 11) is 0. The highest BCUT2D eigenvalue weighted by molar-refractivity contribution is 7.80. The summed E-state index contributed by atoms with van der Waals surface area (Å²) in [5, 5.41) is 6.28. The molecule has 0 unspecified atom stereocenters. The molecule has 0 aromatic heterocycles. The average Bonchev–Trinajstić information content (AvgIpc) is 2.67. The fraction of sp³-hybridized carbons (Fsp3) is 0.250. The van der Waals surface area contributed by atoms with Crippen LogP contribution in [0.4, 0.5) is 5.69 Å². The van der Waals surface area contributed by atoms with Crippen LogP contribution < -0.4 is 15.4 Å². The molecule has 6 nitrogen and oxygen atoms in total. The number of thiocarbonyl (C=S) groups is 1. The van der Waals surface area contributed by atoms with Crippen molar-refractivity contribution in [2.45, 2.75) is 19.8 Å². The van der Waals surface area contributed by atoms with Gasteiger partial charge < -0.3 is 20.1 Å². The molecule has 28 heavy (non-hydrogen) atoms. The lowest BCUT2D eigenvalue weighted by Crippen LogP contribution is -2.34. The molecule has 0 fully saturated rings. The van der Waals surface area contributed by atoms with Crippen LogP contribution in [-0.4, -0.2) is 30.2 Å². The summed E-state index contributed by atoms with van der Waals surface area (Å²) >= 11 is 10.9. The first-order chi connectivity index (χ1) is 13.5. The zero-order chi connectivity index (χ0) is 20.4. The van der Waals surface area contributed by atoms with Crippen LogP contribution in [0.15, 0.2) is 48.5 Å². The van der Waals surface area contributed by atoms with E-state index in [4.69, 9.17) is 33.3 Å². The molecule has 2 aromatic carbocycles. The Labute approximate surface area is 174 Å². The number of amides is 1. The summed E-state index contributed by atoms with van der Waals surface area (Å²) in [5.74, 6) is 0.0593. The van der Waals surface area contributed by atoms with E-state index >= 15 is 0 Å². The zero-order valence-electron chi connectivity index (χ0n) is 15.4. The van der Waals surface area contributed by atoms with Crippen LogP contribution in [0.1, 0.15) is 30.1 Å². The molecule has 0 aliphatic rings. The van der Waals surface area contributed by atoms with Crippen LogP contribution in [0.5, 0.6) is 5.75 Å². The Bertz CT molecular complexity index is 827. The van der Waals surface area contributed by atoms with E-state index in [-0.39, 0.29) is 17.4 Å². The number of carbonyl (C=O) groups is 2. The second kappa shape index (κ2) is 11.3. The van der Waals surface area contributed by atoms with Gasteiger partial charge in [0.25, 0.3) is 0 Å². The number of ether oxygens (including phenoxy) is 2. The predicted molar refractivity (Wildman–Crippen MR) is 113 cm³/mol. The van der Waals surface area contributed by atoms with Gasteiger partial charge in [-0.05, 0) is 68.0 Å². The van der Waals surface area contributed by atoms with E-state index in [2.05, 4.69) is 10.6 Å². The molecular weight excluding hydrogens is 400 g/mol. The molecule has 2 rings (SSSR count). The van der Waals surface area contributed by atoms with Crippen molar-refractivity contribution >= 4 is 46.5 Å². The monoisotopic (exact) mass is 420 g/mol. The SMILES string of the molecule is CCOC(=O)c1cccc(NC(=S)NC(=O)CCCOc2ccc(Cl)cc2)c1. The lowest BCUT2D eigenvalue weighted by atomic mass is 10.2. The summed E-state index contributed by atoms with van der Waals surface area (Å²) in [5.41, 5.74) is 0.988. The largest absolute Gasteiger partial charge is 0.494 e. The van der Waals surface area contributed by atoms with Gasteiger partial charge in [-0.1, -0.05) is 17.7 Å². The van der Waals surface area contributed by atoms with Crippen molar-refractivity contribution in [1.82, 2.24) is 5.32 Å². The first kappa shape index (κ1) is 21.7. The van der Waals surface area contributed by atoms with Gasteiger partial charge in [0, 0.05) is 17.1 Å². The molecule has 2 aromatic rings. The number of halogens is 1. The summed E-state index contributed by atoms with van der Waals surface area (Å²) in [4.78, 5) is 23.7. The second-order valence-corrected chi connectivity index (χ2v) is 6.55. The van der Waals surface area contributed by atoms with Crippen molar-refractivity contribution in [3.05, 3.63) is 59.1 Å². The van der Waals surface area contributed by atoms with Crippen LogP contribution >= 0.6 is 23.8 Å². The fourth-order valence-electron chi connectivity index (χ4n) is 2.24. The Balaban J connectivity index is 1.72. The van der Waals surface area contributed by atoms with E-state index in [1.54, 1.807) is 55.5 Å². The Morgan fingerprint density at radius 3 is 2.61 bits per heavy atom. The van der Waals surface area contributed by atoms with Gasteiger partial charge in [0.2, 0.25) is 5.91 Å². The maximum absolute atomic E-state index is 12.0. The minimum atomic E-state index is -0.415. The van der Waals surface area contributed by atoms with E-state index in [9.17, 15) is 9.59 Å². The lowest BCUT2D eigenvalue weighted by Gasteiger charge is -2.11. The first-order valence-corrected chi connectivity index (χ1v) is 9.53. The molecule has 0 spiro atoms. The second-order valence-electron chi connectivity index (χ2n) is 5.71. The maximum Gasteiger partial charge on any atom is 0.338 e. The molecule has 0 aliphatic carbocycles. The van der Waals surface area contributed by atoms with E-state index in [1.165, 1.54) is 0 Å². The molecule has 1 amide bonds. The Morgan fingerprint density at radius 1 is 1.14 bits per heavy atom. The fourth-order valence-corrected chi connectivity index (χ4v) is 2.60. The van der Waals surface area contributed by atoms with Crippen LogP contribution in [-0.2, 0) is 9.53 Å². The summed E-state index contributed by atoms with van der Waals surface area (Å²) in [6.07, 6.45) is 0.799. The topological polar surface area (TPSA) is 76.7 Å². The molecular formula is C20H21ClN2O4S. The molecule has 2 N–H and O–H groups in total. The number of nitrogens with one attached hydrogen (secondary N) is 2. The van der Waals surface area contributed by atoms with Gasteiger partial charge in [0.05, 0.1) is 18.8 Å². The van der Waals surface area contributed by atoms with E-state index < -0.39 is 5.97 Å². The number of anilines is 1. The quantitative estimate of drug-likeness (QED) is 0.379. The highest BCUT2D eigenvalue weighted by atomic mass is 35.5. The van der Waals surface area contributed by atoms with Crippen molar-refractivity contribution in [2.75, 3.05) is 18.5 Å². The van der Waals surface area contributed by atoms with Gasteiger partial charge in [0.15, 0.2) is 5.11 Å². The van der Waals surface area contributed by atoms with Gasteiger partial charge in [-0.15, -0.1) is 0 Å². The van der Waals surface area contributed by atoms with Crippen LogP contribution in [0, 0.1) is 0 Å². The van der Waals surface area contributed by atoms with Gasteiger partial charge in [-0.3, -0.25) is 4.79 Å². The maximum atomic E-state index is 12.0.